The molecule has 0 radical (unpaired) electrons. The molecule has 0 fully saturated rings. The summed E-state index contributed by atoms with van der Waals surface area (Å²) in [5.74, 6) is -0.193. The third-order valence-corrected chi connectivity index (χ3v) is 6.15. The van der Waals surface area contributed by atoms with Gasteiger partial charge in [-0.3, -0.25) is 4.79 Å². The average Bonchev–Trinajstić information content (AvgIpc) is 3.31. The van der Waals surface area contributed by atoms with Gasteiger partial charge in [0, 0.05) is 18.5 Å². The average molecular weight is 383 g/mol. The summed E-state index contributed by atoms with van der Waals surface area (Å²) in [6, 6.07) is 16.2. The van der Waals surface area contributed by atoms with Crippen molar-refractivity contribution in [2.45, 2.75) is 13.5 Å². The number of benzene rings is 2. The third kappa shape index (κ3) is 3.23. The van der Waals surface area contributed by atoms with Gasteiger partial charge in [0.15, 0.2) is 4.80 Å². The zero-order valence-electron chi connectivity index (χ0n) is 14.3. The number of fused-ring (bicyclic) bond motifs is 3. The van der Waals surface area contributed by atoms with Gasteiger partial charge in [-0.2, -0.15) is 4.99 Å². The quantitative estimate of drug-likeness (QED) is 0.470. The lowest BCUT2D eigenvalue weighted by Gasteiger charge is -2.06. The minimum absolute atomic E-state index is 0.193. The maximum Gasteiger partial charge on any atom is 0.289 e. The first-order chi connectivity index (χ1) is 12.8. The molecule has 26 heavy (non-hydrogen) atoms. The van der Waals surface area contributed by atoms with Crippen LogP contribution in [0.2, 0.25) is 0 Å². The van der Waals surface area contributed by atoms with Gasteiger partial charge in [0.1, 0.15) is 0 Å². The molecule has 0 atom stereocenters. The second-order valence-corrected chi connectivity index (χ2v) is 7.69. The molecule has 6 heteroatoms. The van der Waals surface area contributed by atoms with Crippen LogP contribution in [0.5, 0.6) is 0 Å². The van der Waals surface area contributed by atoms with E-state index in [-0.39, 0.29) is 5.91 Å². The Kier molecular flexibility index (Phi) is 4.97. The molecule has 4 rings (SSSR count). The van der Waals surface area contributed by atoms with Gasteiger partial charge in [-0.05, 0) is 29.8 Å². The number of ether oxygens (including phenoxy) is 1. The van der Waals surface area contributed by atoms with Crippen molar-refractivity contribution in [1.82, 2.24) is 4.57 Å². The molecule has 0 saturated carbocycles. The maximum atomic E-state index is 12.5. The highest BCUT2D eigenvalue weighted by Gasteiger charge is 2.12. The summed E-state index contributed by atoms with van der Waals surface area (Å²) in [5, 5.41) is 4.27. The van der Waals surface area contributed by atoms with E-state index in [4.69, 9.17) is 4.74 Å². The molecule has 0 aliphatic carbocycles. The maximum absolute atomic E-state index is 12.5. The van der Waals surface area contributed by atoms with Gasteiger partial charge < -0.3 is 9.30 Å². The molecule has 4 aromatic rings. The molecular weight excluding hydrogens is 364 g/mol. The Morgan fingerprint density at radius 1 is 1.15 bits per heavy atom. The van der Waals surface area contributed by atoms with E-state index >= 15 is 0 Å². The molecule has 2 aromatic heterocycles. The highest BCUT2D eigenvalue weighted by Crippen LogP contribution is 2.27. The van der Waals surface area contributed by atoms with Crippen LogP contribution in [-0.4, -0.2) is 23.7 Å². The molecule has 0 aliphatic rings. The van der Waals surface area contributed by atoms with Gasteiger partial charge in [-0.1, -0.05) is 47.7 Å². The summed E-state index contributed by atoms with van der Waals surface area (Å²) in [4.78, 5) is 18.3. The first-order valence-corrected chi connectivity index (χ1v) is 10.2. The number of hydrogen-bond acceptors (Lipinski definition) is 4. The second kappa shape index (κ2) is 7.53. The van der Waals surface area contributed by atoms with Crippen LogP contribution in [0.25, 0.3) is 21.0 Å². The van der Waals surface area contributed by atoms with Crippen LogP contribution < -0.4 is 4.80 Å². The smallest absolute Gasteiger partial charge is 0.289 e. The third-order valence-electron chi connectivity index (χ3n) is 4.17. The SMILES string of the molecule is CCOCCn1c(=NC(=O)c2cccs2)sc2c3ccccc3ccc21. The van der Waals surface area contributed by atoms with Crippen molar-refractivity contribution in [3.8, 4) is 0 Å². The summed E-state index contributed by atoms with van der Waals surface area (Å²) in [5.41, 5.74) is 1.09. The molecule has 0 saturated heterocycles. The molecule has 2 heterocycles. The van der Waals surface area contributed by atoms with Gasteiger partial charge in [0.25, 0.3) is 5.91 Å². The van der Waals surface area contributed by atoms with Crippen LogP contribution in [0.15, 0.2) is 58.9 Å². The largest absolute Gasteiger partial charge is 0.380 e. The lowest BCUT2D eigenvalue weighted by molar-refractivity contribution is 0.100. The summed E-state index contributed by atoms with van der Waals surface area (Å²) >= 11 is 2.98. The monoisotopic (exact) mass is 382 g/mol. The predicted molar refractivity (Wildman–Crippen MR) is 108 cm³/mol. The number of carbonyl (C=O) groups is 1. The van der Waals surface area contributed by atoms with Crippen LogP contribution in [0.3, 0.4) is 0 Å². The molecule has 132 valence electrons. The van der Waals surface area contributed by atoms with E-state index in [2.05, 4.69) is 33.8 Å². The van der Waals surface area contributed by atoms with E-state index < -0.39 is 0 Å². The highest BCUT2D eigenvalue weighted by molar-refractivity contribution is 7.17. The van der Waals surface area contributed by atoms with Crippen molar-refractivity contribution in [3.05, 3.63) is 63.6 Å². The molecular formula is C20H18N2O2S2. The summed E-state index contributed by atoms with van der Waals surface area (Å²) in [6.45, 7) is 3.92. The summed E-state index contributed by atoms with van der Waals surface area (Å²) in [7, 11) is 0. The van der Waals surface area contributed by atoms with Crippen LogP contribution in [0, 0.1) is 0 Å². The summed E-state index contributed by atoms with van der Waals surface area (Å²) in [6.07, 6.45) is 0. The number of nitrogens with zero attached hydrogens (tertiary/aromatic N) is 2. The predicted octanol–water partition coefficient (Wildman–Crippen LogP) is 4.70. The van der Waals surface area contributed by atoms with Gasteiger partial charge in [0.2, 0.25) is 0 Å². The number of aromatic nitrogens is 1. The van der Waals surface area contributed by atoms with Crippen molar-refractivity contribution in [2.24, 2.45) is 4.99 Å². The van der Waals surface area contributed by atoms with Gasteiger partial charge in [-0.25, -0.2) is 0 Å². The Morgan fingerprint density at radius 2 is 2.04 bits per heavy atom. The van der Waals surface area contributed by atoms with Gasteiger partial charge in [-0.15, -0.1) is 11.3 Å². The lowest BCUT2D eigenvalue weighted by Crippen LogP contribution is -2.19. The van der Waals surface area contributed by atoms with Gasteiger partial charge in [0.05, 0.1) is 21.7 Å². The number of carbonyl (C=O) groups excluding carboxylic acids is 1. The van der Waals surface area contributed by atoms with Crippen LogP contribution in [0.4, 0.5) is 0 Å². The molecule has 0 spiro atoms. The first-order valence-electron chi connectivity index (χ1n) is 8.49. The zero-order chi connectivity index (χ0) is 17.9. The van der Waals surface area contributed by atoms with Gasteiger partial charge >= 0.3 is 0 Å². The molecule has 0 aliphatic heterocycles. The van der Waals surface area contributed by atoms with E-state index in [1.807, 2.05) is 36.6 Å². The Balaban J connectivity index is 1.90. The molecule has 1 amide bonds. The number of rotatable bonds is 5. The molecule has 2 aromatic carbocycles. The van der Waals surface area contributed by atoms with E-state index in [9.17, 15) is 4.79 Å². The van der Waals surface area contributed by atoms with E-state index in [1.54, 1.807) is 11.3 Å². The number of hydrogen-bond donors (Lipinski definition) is 0. The van der Waals surface area contributed by atoms with E-state index in [0.29, 0.717) is 24.6 Å². The van der Waals surface area contributed by atoms with Crippen LogP contribution >= 0.6 is 22.7 Å². The molecule has 0 bridgehead atoms. The summed E-state index contributed by atoms with van der Waals surface area (Å²) < 4.78 is 8.78. The first kappa shape index (κ1) is 17.1. The topological polar surface area (TPSA) is 43.6 Å². The van der Waals surface area contributed by atoms with E-state index in [1.165, 1.54) is 22.1 Å². The lowest BCUT2D eigenvalue weighted by atomic mass is 10.1. The Bertz CT molecular complexity index is 1120. The van der Waals surface area contributed by atoms with Crippen LogP contribution in [0.1, 0.15) is 16.6 Å². The normalized spacial score (nSPS) is 12.3. The Morgan fingerprint density at radius 3 is 2.85 bits per heavy atom. The Hall–Kier alpha value is -2.28. The number of amides is 1. The van der Waals surface area contributed by atoms with Crippen molar-refractivity contribution >= 4 is 49.6 Å². The molecule has 4 nitrogen and oxygen atoms in total. The van der Waals surface area contributed by atoms with Crippen molar-refractivity contribution in [1.29, 1.82) is 0 Å². The standard InChI is InChI=1S/C20H18N2O2S2/c1-2-24-12-11-22-16-10-9-14-6-3-4-7-15(14)18(16)26-20(22)21-19(23)17-8-5-13-25-17/h3-10,13H,2,11-12H2,1H3. The number of thiazole rings is 1. The Labute approximate surface area is 159 Å². The van der Waals surface area contributed by atoms with Crippen LogP contribution in [-0.2, 0) is 11.3 Å². The minimum atomic E-state index is -0.193. The molecule has 0 unspecified atom stereocenters. The fourth-order valence-electron chi connectivity index (χ4n) is 2.94. The zero-order valence-corrected chi connectivity index (χ0v) is 16.0. The number of thiophene rings is 1. The minimum Gasteiger partial charge on any atom is -0.380 e. The fourth-order valence-corrected chi connectivity index (χ4v) is 4.74. The van der Waals surface area contributed by atoms with Crippen molar-refractivity contribution in [3.63, 3.8) is 0 Å². The fraction of sp³-hybridized carbons (Fsp3) is 0.200. The van der Waals surface area contributed by atoms with Crippen molar-refractivity contribution in [2.75, 3.05) is 13.2 Å². The van der Waals surface area contributed by atoms with Crippen molar-refractivity contribution < 1.29 is 9.53 Å². The second-order valence-electron chi connectivity index (χ2n) is 5.76. The molecule has 0 N–H and O–H groups in total. The highest BCUT2D eigenvalue weighted by atomic mass is 32.1. The van der Waals surface area contributed by atoms with E-state index in [0.717, 1.165) is 15.0 Å².